The van der Waals surface area contributed by atoms with Crippen molar-refractivity contribution >= 4 is 34.0 Å². The summed E-state index contributed by atoms with van der Waals surface area (Å²) >= 11 is 1.46. The largest absolute Gasteiger partial charge is 0.325 e. The van der Waals surface area contributed by atoms with Gasteiger partial charge in [-0.15, -0.1) is 11.3 Å². The summed E-state index contributed by atoms with van der Waals surface area (Å²) in [5.41, 5.74) is 4.33. The van der Waals surface area contributed by atoms with Crippen molar-refractivity contribution in [2.75, 3.05) is 10.6 Å². The average Bonchev–Trinajstić information content (AvgIpc) is 3.25. The summed E-state index contributed by atoms with van der Waals surface area (Å²) in [6, 6.07) is 15.0. The molecule has 0 saturated carbocycles. The summed E-state index contributed by atoms with van der Waals surface area (Å²) in [5, 5.41) is 6.47. The molecule has 4 rings (SSSR count). The summed E-state index contributed by atoms with van der Waals surface area (Å²) in [6.07, 6.45) is 1.55. The van der Waals surface area contributed by atoms with Gasteiger partial charge in [0.25, 0.3) is 5.91 Å². The Morgan fingerprint density at radius 3 is 2.43 bits per heavy atom. The molecule has 6 heteroatoms. The van der Waals surface area contributed by atoms with Gasteiger partial charge in [-0.25, -0.2) is 4.98 Å². The molecule has 142 valence electrons. The molecular formula is C22H21N3O2S. The smallest absolute Gasteiger partial charge is 0.257 e. The van der Waals surface area contributed by atoms with Crippen molar-refractivity contribution in [3.05, 3.63) is 75.8 Å². The normalized spacial score (nSPS) is 15.1. The van der Waals surface area contributed by atoms with Crippen LogP contribution in [0.2, 0.25) is 0 Å². The molecule has 0 radical (unpaired) electrons. The zero-order valence-electron chi connectivity index (χ0n) is 15.8. The molecule has 2 N–H and O–H groups in total. The first kappa shape index (κ1) is 18.4. The lowest BCUT2D eigenvalue weighted by atomic mass is 10.0. The van der Waals surface area contributed by atoms with Gasteiger partial charge in [-0.05, 0) is 49.9 Å². The highest BCUT2D eigenvalue weighted by atomic mass is 32.1. The molecule has 28 heavy (non-hydrogen) atoms. The van der Waals surface area contributed by atoms with Crippen molar-refractivity contribution in [3.63, 3.8) is 0 Å². The lowest BCUT2D eigenvalue weighted by Crippen LogP contribution is -2.21. The van der Waals surface area contributed by atoms with Gasteiger partial charge >= 0.3 is 0 Å². The minimum Gasteiger partial charge on any atom is -0.325 e. The van der Waals surface area contributed by atoms with Crippen molar-refractivity contribution < 1.29 is 9.59 Å². The molecule has 1 heterocycles. The number of thiazole rings is 1. The van der Waals surface area contributed by atoms with E-state index < -0.39 is 0 Å². The average molecular weight is 391 g/mol. The highest BCUT2D eigenvalue weighted by Crippen LogP contribution is 2.39. The van der Waals surface area contributed by atoms with Crippen LogP contribution in [0.5, 0.6) is 0 Å². The number of rotatable bonds is 4. The molecule has 1 aromatic heterocycles. The Morgan fingerprint density at radius 2 is 1.71 bits per heavy atom. The molecule has 1 unspecified atom stereocenters. The van der Waals surface area contributed by atoms with E-state index in [4.69, 9.17) is 0 Å². The SMILES string of the molecule is Cc1cccc(C)c1NC(=O)C1CCc2sc(NC(=O)c3ccccc3)nc21. The van der Waals surface area contributed by atoms with Crippen LogP contribution in [-0.4, -0.2) is 16.8 Å². The Balaban J connectivity index is 1.50. The minimum atomic E-state index is -0.285. The maximum atomic E-state index is 12.9. The molecule has 0 bridgehead atoms. The Morgan fingerprint density at radius 1 is 1.00 bits per heavy atom. The van der Waals surface area contributed by atoms with Crippen molar-refractivity contribution in [1.82, 2.24) is 4.98 Å². The molecule has 5 nitrogen and oxygen atoms in total. The first-order valence-electron chi connectivity index (χ1n) is 9.26. The molecule has 1 aliphatic rings. The predicted molar refractivity (Wildman–Crippen MR) is 112 cm³/mol. The number of hydrogen-bond acceptors (Lipinski definition) is 4. The van der Waals surface area contributed by atoms with E-state index >= 15 is 0 Å². The predicted octanol–water partition coefficient (Wildman–Crippen LogP) is 4.68. The maximum absolute atomic E-state index is 12.9. The zero-order chi connectivity index (χ0) is 19.7. The second kappa shape index (κ2) is 7.56. The van der Waals surface area contributed by atoms with Crippen LogP contribution in [0.4, 0.5) is 10.8 Å². The monoisotopic (exact) mass is 391 g/mol. The molecule has 1 atom stereocenters. The number of amides is 2. The number of aryl methyl sites for hydroxylation is 3. The molecule has 3 aromatic rings. The summed E-state index contributed by atoms with van der Waals surface area (Å²) in [7, 11) is 0. The number of hydrogen-bond donors (Lipinski definition) is 2. The van der Waals surface area contributed by atoms with E-state index in [1.54, 1.807) is 12.1 Å². The van der Waals surface area contributed by atoms with Gasteiger partial charge in [0.05, 0.1) is 11.6 Å². The van der Waals surface area contributed by atoms with E-state index in [2.05, 4.69) is 15.6 Å². The fourth-order valence-electron chi connectivity index (χ4n) is 3.52. The lowest BCUT2D eigenvalue weighted by molar-refractivity contribution is -0.117. The van der Waals surface area contributed by atoms with Gasteiger partial charge in [0.2, 0.25) is 5.91 Å². The van der Waals surface area contributed by atoms with Crippen LogP contribution < -0.4 is 10.6 Å². The van der Waals surface area contributed by atoms with Crippen LogP contribution in [0.3, 0.4) is 0 Å². The van der Waals surface area contributed by atoms with Gasteiger partial charge in [-0.2, -0.15) is 0 Å². The van der Waals surface area contributed by atoms with E-state index in [0.29, 0.717) is 10.7 Å². The number of fused-ring (bicyclic) bond motifs is 1. The zero-order valence-corrected chi connectivity index (χ0v) is 16.6. The van der Waals surface area contributed by atoms with Crippen molar-refractivity contribution in [1.29, 1.82) is 0 Å². The number of nitrogens with one attached hydrogen (secondary N) is 2. The Hall–Kier alpha value is -2.99. The van der Waals surface area contributed by atoms with Gasteiger partial charge in [-0.1, -0.05) is 36.4 Å². The molecular weight excluding hydrogens is 370 g/mol. The summed E-state index contributed by atoms with van der Waals surface area (Å²) in [4.78, 5) is 30.9. The Labute approximate surface area is 167 Å². The Kier molecular flexibility index (Phi) is 4.96. The number of anilines is 2. The van der Waals surface area contributed by atoms with E-state index in [1.165, 1.54) is 11.3 Å². The summed E-state index contributed by atoms with van der Waals surface area (Å²) < 4.78 is 0. The second-order valence-corrected chi connectivity index (χ2v) is 8.08. The van der Waals surface area contributed by atoms with Crippen LogP contribution in [-0.2, 0) is 11.2 Å². The molecule has 0 spiro atoms. The standard InChI is InChI=1S/C22H21N3O2S/c1-13-7-6-8-14(2)18(13)23-21(27)16-11-12-17-19(16)24-22(28-17)25-20(26)15-9-4-3-5-10-15/h3-10,16H,11-12H2,1-2H3,(H,23,27)(H,24,25,26). The quantitative estimate of drug-likeness (QED) is 0.678. The van der Waals surface area contributed by atoms with Gasteiger partial charge in [0.15, 0.2) is 5.13 Å². The van der Waals surface area contributed by atoms with Gasteiger partial charge in [0.1, 0.15) is 0 Å². The number of benzene rings is 2. The second-order valence-electron chi connectivity index (χ2n) is 6.99. The first-order chi connectivity index (χ1) is 13.5. The molecule has 2 amide bonds. The van der Waals surface area contributed by atoms with Crippen molar-refractivity contribution in [3.8, 4) is 0 Å². The summed E-state index contributed by atoms with van der Waals surface area (Å²) in [5.74, 6) is -0.514. The van der Waals surface area contributed by atoms with E-state index in [1.807, 2.05) is 50.2 Å². The molecule has 0 fully saturated rings. The fraction of sp³-hybridized carbons (Fsp3) is 0.227. The van der Waals surface area contributed by atoms with Crippen LogP contribution in [0.15, 0.2) is 48.5 Å². The highest BCUT2D eigenvalue weighted by Gasteiger charge is 2.33. The minimum absolute atomic E-state index is 0.0395. The van der Waals surface area contributed by atoms with Crippen LogP contribution in [0.1, 0.15) is 44.4 Å². The first-order valence-corrected chi connectivity index (χ1v) is 10.1. The van der Waals surface area contributed by atoms with E-state index in [9.17, 15) is 9.59 Å². The topological polar surface area (TPSA) is 71.1 Å². The van der Waals surface area contributed by atoms with E-state index in [-0.39, 0.29) is 17.7 Å². The van der Waals surface area contributed by atoms with Crippen molar-refractivity contribution in [2.24, 2.45) is 0 Å². The number of carbonyl (C=O) groups is 2. The molecule has 2 aromatic carbocycles. The molecule has 1 aliphatic carbocycles. The van der Waals surface area contributed by atoms with Gasteiger partial charge < -0.3 is 5.32 Å². The lowest BCUT2D eigenvalue weighted by Gasteiger charge is -2.14. The maximum Gasteiger partial charge on any atom is 0.257 e. The third-order valence-electron chi connectivity index (χ3n) is 5.02. The van der Waals surface area contributed by atoms with Crippen molar-refractivity contribution in [2.45, 2.75) is 32.6 Å². The number of carbonyl (C=O) groups excluding carboxylic acids is 2. The molecule has 0 aliphatic heterocycles. The number of para-hydroxylation sites is 1. The third-order valence-corrected chi connectivity index (χ3v) is 6.07. The number of nitrogens with zero attached hydrogens (tertiary/aromatic N) is 1. The van der Waals surface area contributed by atoms with E-state index in [0.717, 1.165) is 40.2 Å². The summed E-state index contributed by atoms with van der Waals surface area (Å²) in [6.45, 7) is 3.98. The molecule has 0 saturated heterocycles. The van der Waals surface area contributed by atoms with Crippen LogP contribution in [0.25, 0.3) is 0 Å². The van der Waals surface area contributed by atoms with Crippen LogP contribution >= 0.6 is 11.3 Å². The van der Waals surface area contributed by atoms with Gasteiger partial charge in [-0.3, -0.25) is 14.9 Å². The number of aromatic nitrogens is 1. The van der Waals surface area contributed by atoms with Crippen LogP contribution in [0, 0.1) is 13.8 Å². The highest BCUT2D eigenvalue weighted by molar-refractivity contribution is 7.16. The third kappa shape index (κ3) is 3.55. The Bertz CT molecular complexity index is 1020. The van der Waals surface area contributed by atoms with Gasteiger partial charge in [0, 0.05) is 16.1 Å². The fourth-order valence-corrected chi connectivity index (χ4v) is 4.55.